The van der Waals surface area contributed by atoms with E-state index >= 15 is 0 Å². The Balaban J connectivity index is 1.94. The average molecular weight is 323 g/mol. The molecule has 0 aliphatic carbocycles. The van der Waals surface area contributed by atoms with Crippen LogP contribution in [0.5, 0.6) is 0 Å². The number of benzene rings is 1. The molecule has 3 nitrogen and oxygen atoms in total. The number of carbonyl (C=O) groups excluding carboxylic acids is 1. The van der Waals surface area contributed by atoms with E-state index in [1.165, 1.54) is 17.8 Å². The fourth-order valence-corrected chi connectivity index (χ4v) is 4.35. The number of carbonyl (C=O) groups is 1. The standard InChI is InChI=1S/C16H19ClN2OS/c1-10-4-3-8-19(9-7-10)16(20)15-14(18)13-11(17)5-2-6-12(13)21-15/h2,5-6,10H,3-4,7-9,18H2,1H3. The molecule has 21 heavy (non-hydrogen) atoms. The Labute approximate surface area is 133 Å². The number of hydrogen-bond donors (Lipinski definition) is 1. The van der Waals surface area contributed by atoms with Crippen LogP contribution in [0.2, 0.25) is 5.02 Å². The maximum Gasteiger partial charge on any atom is 0.266 e. The van der Waals surface area contributed by atoms with Gasteiger partial charge in [-0.2, -0.15) is 0 Å². The number of nitrogen functional groups attached to an aromatic ring is 1. The number of halogens is 1. The highest BCUT2D eigenvalue weighted by molar-refractivity contribution is 7.21. The number of anilines is 1. The van der Waals surface area contributed by atoms with Gasteiger partial charge in [-0.3, -0.25) is 4.79 Å². The SMILES string of the molecule is CC1CCCN(C(=O)c2sc3cccc(Cl)c3c2N)CC1. The van der Waals surface area contributed by atoms with Crippen molar-refractivity contribution in [1.29, 1.82) is 0 Å². The van der Waals surface area contributed by atoms with E-state index in [1.807, 2.05) is 23.1 Å². The molecule has 1 unspecified atom stereocenters. The predicted molar refractivity (Wildman–Crippen MR) is 90.2 cm³/mol. The first-order chi connectivity index (χ1) is 10.1. The summed E-state index contributed by atoms with van der Waals surface area (Å²) < 4.78 is 0.978. The smallest absolute Gasteiger partial charge is 0.266 e. The number of thiophene rings is 1. The quantitative estimate of drug-likeness (QED) is 0.845. The van der Waals surface area contributed by atoms with Crippen LogP contribution in [0.4, 0.5) is 5.69 Å². The van der Waals surface area contributed by atoms with Gasteiger partial charge >= 0.3 is 0 Å². The van der Waals surface area contributed by atoms with Gasteiger partial charge in [-0.15, -0.1) is 11.3 Å². The number of hydrogen-bond acceptors (Lipinski definition) is 3. The molecule has 2 heterocycles. The molecule has 2 aromatic rings. The molecule has 0 radical (unpaired) electrons. The monoisotopic (exact) mass is 322 g/mol. The van der Waals surface area contributed by atoms with E-state index in [2.05, 4.69) is 6.92 Å². The molecule has 1 fully saturated rings. The highest BCUT2D eigenvalue weighted by atomic mass is 35.5. The van der Waals surface area contributed by atoms with Gasteiger partial charge in [0.2, 0.25) is 0 Å². The first-order valence-corrected chi connectivity index (χ1v) is 8.53. The normalized spacial score (nSPS) is 19.7. The highest BCUT2D eigenvalue weighted by Gasteiger charge is 2.24. The summed E-state index contributed by atoms with van der Waals surface area (Å²) in [5, 5.41) is 1.43. The zero-order valence-electron chi connectivity index (χ0n) is 12.1. The Kier molecular flexibility index (Phi) is 4.09. The van der Waals surface area contributed by atoms with E-state index < -0.39 is 0 Å². The Morgan fingerprint density at radius 2 is 2.19 bits per heavy atom. The van der Waals surface area contributed by atoms with E-state index in [0.29, 0.717) is 21.5 Å². The molecule has 1 aromatic heterocycles. The zero-order valence-corrected chi connectivity index (χ0v) is 13.6. The summed E-state index contributed by atoms with van der Waals surface area (Å²) in [4.78, 5) is 15.3. The topological polar surface area (TPSA) is 46.3 Å². The molecule has 1 saturated heterocycles. The Morgan fingerprint density at radius 3 is 2.95 bits per heavy atom. The van der Waals surface area contributed by atoms with E-state index in [-0.39, 0.29) is 5.91 Å². The number of nitrogens with two attached hydrogens (primary N) is 1. The van der Waals surface area contributed by atoms with Crippen LogP contribution in [-0.2, 0) is 0 Å². The minimum atomic E-state index is 0.0545. The van der Waals surface area contributed by atoms with Gasteiger partial charge in [0.1, 0.15) is 4.88 Å². The lowest BCUT2D eigenvalue weighted by atomic mass is 10.0. The molecule has 1 amide bonds. The van der Waals surface area contributed by atoms with Crippen LogP contribution >= 0.6 is 22.9 Å². The van der Waals surface area contributed by atoms with Crippen LogP contribution in [0.15, 0.2) is 18.2 Å². The highest BCUT2D eigenvalue weighted by Crippen LogP contribution is 2.38. The molecule has 1 aromatic carbocycles. The maximum absolute atomic E-state index is 12.8. The summed E-state index contributed by atoms with van der Waals surface area (Å²) in [5.41, 5.74) is 6.72. The minimum absolute atomic E-state index is 0.0545. The summed E-state index contributed by atoms with van der Waals surface area (Å²) >= 11 is 7.66. The van der Waals surface area contributed by atoms with Gasteiger partial charge < -0.3 is 10.6 Å². The first kappa shape index (κ1) is 14.7. The molecule has 1 atom stereocenters. The number of nitrogens with zero attached hydrogens (tertiary/aromatic N) is 1. The third-order valence-corrected chi connectivity index (χ3v) is 5.67. The lowest BCUT2D eigenvalue weighted by molar-refractivity contribution is 0.0766. The third-order valence-electron chi connectivity index (χ3n) is 4.20. The molecule has 3 rings (SSSR count). The van der Waals surface area contributed by atoms with Gasteiger partial charge in [0, 0.05) is 23.2 Å². The molecule has 0 spiro atoms. The lowest BCUT2D eigenvalue weighted by Gasteiger charge is -2.20. The molecular weight excluding hydrogens is 304 g/mol. The Bertz CT molecular complexity index is 682. The Hall–Kier alpha value is -1.26. The fraction of sp³-hybridized carbons (Fsp3) is 0.438. The average Bonchev–Trinajstić information content (AvgIpc) is 2.65. The molecule has 1 aliphatic heterocycles. The van der Waals surface area contributed by atoms with E-state index in [1.54, 1.807) is 0 Å². The minimum Gasteiger partial charge on any atom is -0.397 e. The second-order valence-corrected chi connectivity index (χ2v) is 7.25. The van der Waals surface area contributed by atoms with Crippen molar-refractivity contribution < 1.29 is 4.79 Å². The van der Waals surface area contributed by atoms with Crippen molar-refractivity contribution in [2.75, 3.05) is 18.8 Å². The number of fused-ring (bicyclic) bond motifs is 1. The van der Waals surface area contributed by atoms with Crippen molar-refractivity contribution >= 4 is 44.6 Å². The van der Waals surface area contributed by atoms with Crippen LogP contribution in [0.3, 0.4) is 0 Å². The van der Waals surface area contributed by atoms with Crippen molar-refractivity contribution in [3.63, 3.8) is 0 Å². The molecule has 0 saturated carbocycles. The number of amides is 1. The summed E-state index contributed by atoms with van der Waals surface area (Å²) in [7, 11) is 0. The summed E-state index contributed by atoms with van der Waals surface area (Å²) in [6.07, 6.45) is 3.33. The maximum atomic E-state index is 12.8. The van der Waals surface area contributed by atoms with E-state index in [4.69, 9.17) is 17.3 Å². The summed E-state index contributed by atoms with van der Waals surface area (Å²) in [5.74, 6) is 0.746. The summed E-state index contributed by atoms with van der Waals surface area (Å²) in [6.45, 7) is 3.90. The molecule has 5 heteroatoms. The van der Waals surface area contributed by atoms with Crippen molar-refractivity contribution in [2.45, 2.75) is 26.2 Å². The van der Waals surface area contributed by atoms with E-state index in [0.717, 1.165) is 36.0 Å². The van der Waals surface area contributed by atoms with Crippen molar-refractivity contribution in [3.8, 4) is 0 Å². The van der Waals surface area contributed by atoms with Gasteiger partial charge in [0.05, 0.1) is 10.7 Å². The van der Waals surface area contributed by atoms with Crippen LogP contribution in [0.25, 0.3) is 10.1 Å². The second-order valence-electron chi connectivity index (χ2n) is 5.79. The summed E-state index contributed by atoms with van der Waals surface area (Å²) in [6, 6.07) is 5.67. The van der Waals surface area contributed by atoms with Crippen molar-refractivity contribution in [2.24, 2.45) is 5.92 Å². The van der Waals surface area contributed by atoms with Crippen LogP contribution in [-0.4, -0.2) is 23.9 Å². The molecule has 112 valence electrons. The van der Waals surface area contributed by atoms with Crippen LogP contribution in [0.1, 0.15) is 35.9 Å². The van der Waals surface area contributed by atoms with Gasteiger partial charge in [-0.05, 0) is 37.3 Å². The van der Waals surface area contributed by atoms with Crippen molar-refractivity contribution in [3.05, 3.63) is 28.1 Å². The predicted octanol–water partition coefficient (Wildman–Crippen LogP) is 4.40. The van der Waals surface area contributed by atoms with Gasteiger partial charge in [-0.25, -0.2) is 0 Å². The number of rotatable bonds is 1. The second kappa shape index (κ2) is 5.85. The van der Waals surface area contributed by atoms with Gasteiger partial charge in [-0.1, -0.05) is 24.6 Å². The zero-order chi connectivity index (χ0) is 15.0. The first-order valence-electron chi connectivity index (χ1n) is 7.33. The lowest BCUT2D eigenvalue weighted by Crippen LogP contribution is -2.31. The third kappa shape index (κ3) is 2.74. The van der Waals surface area contributed by atoms with Gasteiger partial charge in [0.25, 0.3) is 5.91 Å². The Morgan fingerprint density at radius 1 is 1.38 bits per heavy atom. The fourth-order valence-electron chi connectivity index (χ4n) is 2.90. The van der Waals surface area contributed by atoms with Crippen molar-refractivity contribution in [1.82, 2.24) is 4.90 Å². The molecule has 0 bridgehead atoms. The van der Waals surface area contributed by atoms with Crippen LogP contribution in [0, 0.1) is 5.92 Å². The van der Waals surface area contributed by atoms with Gasteiger partial charge in [0.15, 0.2) is 0 Å². The largest absolute Gasteiger partial charge is 0.397 e. The molecule has 2 N–H and O–H groups in total. The van der Waals surface area contributed by atoms with Crippen LogP contribution < -0.4 is 5.73 Å². The molecular formula is C16H19ClN2OS. The van der Waals surface area contributed by atoms with E-state index in [9.17, 15) is 4.79 Å². The molecule has 1 aliphatic rings. The number of likely N-dealkylation sites (tertiary alicyclic amines) is 1.